The minimum Gasteiger partial charge on any atom is -0.478 e. The van der Waals surface area contributed by atoms with Crippen molar-refractivity contribution >= 4 is 40.0 Å². The molecule has 7 nitrogen and oxygen atoms in total. The number of carboxylic acid groups (broad SMARTS) is 2. The molecule has 7 heteroatoms. The molecule has 3 aromatic rings. The van der Waals surface area contributed by atoms with Gasteiger partial charge in [0.2, 0.25) is 0 Å². The number of fused-ring (bicyclic) bond motifs is 1. The summed E-state index contributed by atoms with van der Waals surface area (Å²) in [6.07, 6.45) is 5.29. The van der Waals surface area contributed by atoms with Gasteiger partial charge in [-0.15, -0.1) is 0 Å². The van der Waals surface area contributed by atoms with Crippen LogP contribution in [0, 0.1) is 0 Å². The van der Waals surface area contributed by atoms with Crippen LogP contribution in [0.25, 0.3) is 10.8 Å². The van der Waals surface area contributed by atoms with Crippen molar-refractivity contribution in [2.75, 3.05) is 11.4 Å². The summed E-state index contributed by atoms with van der Waals surface area (Å²) >= 11 is 0. The third-order valence-corrected chi connectivity index (χ3v) is 6.11. The Morgan fingerprint density at radius 2 is 1.57 bits per heavy atom. The molecular weight excluding hydrogens is 444 g/mol. The van der Waals surface area contributed by atoms with E-state index < -0.39 is 17.8 Å². The van der Waals surface area contributed by atoms with Gasteiger partial charge in [-0.05, 0) is 61.9 Å². The highest BCUT2D eigenvalue weighted by Gasteiger charge is 2.29. The lowest BCUT2D eigenvalue weighted by atomic mass is 9.97. The summed E-state index contributed by atoms with van der Waals surface area (Å²) in [6, 6.07) is 17.3. The second-order valence-corrected chi connectivity index (χ2v) is 8.66. The van der Waals surface area contributed by atoms with E-state index in [1.165, 1.54) is 31.0 Å². The number of carbonyl (C=O) groups is 3. The van der Waals surface area contributed by atoms with Crippen molar-refractivity contribution in [1.82, 2.24) is 5.32 Å². The van der Waals surface area contributed by atoms with Crippen LogP contribution in [0.15, 0.2) is 60.7 Å². The Bertz CT molecular complexity index is 1210. The summed E-state index contributed by atoms with van der Waals surface area (Å²) in [4.78, 5) is 37.4. The fourth-order valence-electron chi connectivity index (χ4n) is 4.25. The molecule has 1 unspecified atom stereocenters. The molecule has 35 heavy (non-hydrogen) atoms. The van der Waals surface area contributed by atoms with Crippen molar-refractivity contribution in [2.45, 2.75) is 52.0 Å². The Morgan fingerprint density at radius 3 is 2.26 bits per heavy atom. The highest BCUT2D eigenvalue weighted by molar-refractivity contribution is 6.40. The third kappa shape index (κ3) is 6.25. The number of nitrogens with one attached hydrogen (secondary N) is 1. The number of amides is 1. The van der Waals surface area contributed by atoms with Crippen molar-refractivity contribution < 1.29 is 24.6 Å². The highest BCUT2D eigenvalue weighted by atomic mass is 16.4. The summed E-state index contributed by atoms with van der Waals surface area (Å²) in [5.74, 6) is -4.13. The molecule has 3 N–H and O–H groups in total. The Labute approximate surface area is 205 Å². The van der Waals surface area contributed by atoms with Gasteiger partial charge in [0.1, 0.15) is 0 Å². The van der Waals surface area contributed by atoms with E-state index in [2.05, 4.69) is 19.2 Å². The quantitative estimate of drug-likeness (QED) is 0.253. The number of aryl methyl sites for hydroxylation is 1. The number of unbranched alkanes of at least 4 members (excludes halogenated alkanes) is 2. The number of hydrogen-bond acceptors (Lipinski definition) is 4. The number of para-hydroxylation sites is 1. The molecule has 0 radical (unpaired) electrons. The van der Waals surface area contributed by atoms with Gasteiger partial charge in [-0.3, -0.25) is 9.69 Å². The zero-order valence-corrected chi connectivity index (χ0v) is 20.2. The minimum atomic E-state index is -1.67. The van der Waals surface area contributed by atoms with Gasteiger partial charge < -0.3 is 15.5 Å². The Morgan fingerprint density at radius 1 is 0.886 bits per heavy atom. The number of rotatable bonds is 11. The Balaban J connectivity index is 2.00. The Kier molecular flexibility index (Phi) is 8.98. The summed E-state index contributed by atoms with van der Waals surface area (Å²) in [5.41, 5.74) is 1.27. The van der Waals surface area contributed by atoms with Crippen LogP contribution in [0.5, 0.6) is 0 Å². The lowest BCUT2D eigenvalue weighted by Gasteiger charge is -2.25. The first-order valence-corrected chi connectivity index (χ1v) is 12.0. The van der Waals surface area contributed by atoms with E-state index >= 15 is 0 Å². The van der Waals surface area contributed by atoms with Crippen molar-refractivity contribution in [2.24, 2.45) is 0 Å². The monoisotopic (exact) mass is 476 g/mol. The molecule has 0 aromatic heterocycles. The summed E-state index contributed by atoms with van der Waals surface area (Å²) < 4.78 is 0. The average Bonchev–Trinajstić information content (AvgIpc) is 2.86. The number of carbonyl (C=O) groups excluding carboxylic acids is 1. The van der Waals surface area contributed by atoms with Crippen LogP contribution in [-0.2, 0) is 16.0 Å². The fraction of sp³-hybridized carbons (Fsp3) is 0.321. The molecular formula is C28H32N2O5. The number of anilines is 2. The first-order chi connectivity index (χ1) is 16.8. The van der Waals surface area contributed by atoms with Crippen molar-refractivity contribution in [3.05, 3.63) is 71.8 Å². The van der Waals surface area contributed by atoms with Gasteiger partial charge in [0.05, 0.1) is 16.9 Å². The lowest BCUT2D eigenvalue weighted by molar-refractivity contribution is -0.148. The minimum absolute atomic E-state index is 0.00945. The topological polar surface area (TPSA) is 107 Å². The SMILES string of the molecule is CCCCCNC(C)CCc1ccc(N(C(=O)C(=O)O)c2ccccc2C(=O)O)c2ccccc12. The molecule has 0 aliphatic rings. The molecule has 0 aliphatic carbocycles. The second-order valence-electron chi connectivity index (χ2n) is 8.66. The van der Waals surface area contributed by atoms with E-state index in [1.54, 1.807) is 12.1 Å². The largest absolute Gasteiger partial charge is 0.478 e. The second kappa shape index (κ2) is 12.1. The van der Waals surface area contributed by atoms with Crippen LogP contribution >= 0.6 is 0 Å². The van der Waals surface area contributed by atoms with Crippen molar-refractivity contribution in [3.8, 4) is 0 Å². The molecule has 1 amide bonds. The molecule has 0 bridgehead atoms. The highest BCUT2D eigenvalue weighted by Crippen LogP contribution is 2.36. The number of benzene rings is 3. The number of nitrogens with zero attached hydrogens (tertiary/aromatic N) is 1. The third-order valence-electron chi connectivity index (χ3n) is 6.11. The lowest BCUT2D eigenvalue weighted by Crippen LogP contribution is -2.33. The van der Waals surface area contributed by atoms with E-state index in [0.717, 1.165) is 41.7 Å². The van der Waals surface area contributed by atoms with Gasteiger partial charge in [-0.2, -0.15) is 0 Å². The molecule has 1 atom stereocenters. The zero-order valence-electron chi connectivity index (χ0n) is 20.2. The maximum absolute atomic E-state index is 12.8. The molecule has 0 spiro atoms. The maximum atomic E-state index is 12.8. The van der Waals surface area contributed by atoms with Gasteiger partial charge in [-0.25, -0.2) is 9.59 Å². The summed E-state index contributed by atoms with van der Waals surface area (Å²) in [5, 5.41) is 24.3. The van der Waals surface area contributed by atoms with Crippen molar-refractivity contribution in [3.63, 3.8) is 0 Å². The maximum Gasteiger partial charge on any atom is 0.395 e. The predicted octanol–water partition coefficient (Wildman–Crippen LogP) is 5.39. The first kappa shape index (κ1) is 25.9. The number of hydrogen-bond donors (Lipinski definition) is 3. The van der Waals surface area contributed by atoms with Gasteiger partial charge in [-0.1, -0.05) is 62.2 Å². The van der Waals surface area contributed by atoms with Crippen LogP contribution in [0.3, 0.4) is 0 Å². The van der Waals surface area contributed by atoms with Crippen LogP contribution in [0.2, 0.25) is 0 Å². The van der Waals surface area contributed by atoms with Crippen LogP contribution in [0.4, 0.5) is 11.4 Å². The fourth-order valence-corrected chi connectivity index (χ4v) is 4.25. The van der Waals surface area contributed by atoms with Crippen LogP contribution in [-0.4, -0.2) is 40.6 Å². The molecule has 0 saturated heterocycles. The molecule has 3 rings (SSSR count). The van der Waals surface area contributed by atoms with Gasteiger partial charge in [0, 0.05) is 11.4 Å². The molecule has 0 saturated carbocycles. The van der Waals surface area contributed by atoms with E-state index in [9.17, 15) is 24.6 Å². The van der Waals surface area contributed by atoms with E-state index in [4.69, 9.17) is 0 Å². The summed E-state index contributed by atoms with van der Waals surface area (Å²) in [7, 11) is 0. The number of carboxylic acids is 2. The average molecular weight is 477 g/mol. The molecule has 0 heterocycles. The number of aromatic carboxylic acids is 1. The molecule has 3 aromatic carbocycles. The Hall–Kier alpha value is -3.71. The molecule has 0 fully saturated rings. The van der Waals surface area contributed by atoms with E-state index in [-0.39, 0.29) is 11.3 Å². The zero-order chi connectivity index (χ0) is 25.4. The normalized spacial score (nSPS) is 11.8. The van der Waals surface area contributed by atoms with Gasteiger partial charge >= 0.3 is 17.8 Å². The number of aliphatic carboxylic acids is 1. The van der Waals surface area contributed by atoms with Gasteiger partial charge in [0.15, 0.2) is 0 Å². The van der Waals surface area contributed by atoms with E-state index in [1.807, 2.05) is 30.3 Å². The standard InChI is InChI=1S/C28H32N2O5/c1-3-4-9-18-29-19(2)14-15-20-16-17-25(22-11-6-5-10-21(20)22)30(26(31)28(34)35)24-13-8-7-12-23(24)27(32)33/h5-8,10-13,16-17,19,29H,3-4,9,14-15,18H2,1-2H3,(H,32,33)(H,34,35). The van der Waals surface area contributed by atoms with Crippen molar-refractivity contribution in [1.29, 1.82) is 0 Å². The van der Waals surface area contributed by atoms with Crippen LogP contribution in [0.1, 0.15) is 55.5 Å². The first-order valence-electron chi connectivity index (χ1n) is 12.0. The summed E-state index contributed by atoms with van der Waals surface area (Å²) in [6.45, 7) is 5.34. The molecule has 0 aliphatic heterocycles. The van der Waals surface area contributed by atoms with Crippen LogP contribution < -0.4 is 10.2 Å². The predicted molar refractivity (Wildman–Crippen MR) is 137 cm³/mol. The molecule has 184 valence electrons. The van der Waals surface area contributed by atoms with Gasteiger partial charge in [0.25, 0.3) is 0 Å². The van der Waals surface area contributed by atoms with E-state index in [0.29, 0.717) is 17.1 Å². The smallest absolute Gasteiger partial charge is 0.395 e.